The predicted octanol–water partition coefficient (Wildman–Crippen LogP) is 0.225. The zero-order chi connectivity index (χ0) is 28.8. The van der Waals surface area contributed by atoms with Crippen LogP contribution < -0.4 is 16.4 Å². The molecule has 3 unspecified atom stereocenters. The van der Waals surface area contributed by atoms with Gasteiger partial charge in [0.25, 0.3) is 5.91 Å². The fraction of sp³-hybridized carbons (Fsp3) is 0.407. The van der Waals surface area contributed by atoms with Gasteiger partial charge in [0.2, 0.25) is 11.7 Å². The van der Waals surface area contributed by atoms with Crippen molar-refractivity contribution in [1.29, 1.82) is 0 Å². The van der Waals surface area contributed by atoms with E-state index < -0.39 is 69.7 Å². The molecule has 0 aliphatic heterocycles. The molecule has 39 heavy (non-hydrogen) atoms. The van der Waals surface area contributed by atoms with Gasteiger partial charge in [-0.15, -0.1) is 0 Å². The van der Waals surface area contributed by atoms with E-state index in [0.717, 1.165) is 0 Å². The highest BCUT2D eigenvalue weighted by Crippen LogP contribution is 2.52. The van der Waals surface area contributed by atoms with Gasteiger partial charge < -0.3 is 36.8 Å². The van der Waals surface area contributed by atoms with E-state index in [0.29, 0.717) is 12.1 Å². The van der Waals surface area contributed by atoms with E-state index in [1.807, 2.05) is 19.1 Å². The third-order valence-corrected chi connectivity index (χ3v) is 7.65. The van der Waals surface area contributed by atoms with Crippen LogP contribution in [0.25, 0.3) is 0 Å². The van der Waals surface area contributed by atoms with Crippen LogP contribution in [0.15, 0.2) is 46.9 Å². The number of primary amides is 1. The molecule has 0 saturated heterocycles. The fourth-order valence-corrected chi connectivity index (χ4v) is 5.91. The monoisotopic (exact) mass is 540 g/mol. The van der Waals surface area contributed by atoms with Crippen LogP contribution in [0, 0.1) is 11.8 Å². The van der Waals surface area contributed by atoms with Crippen LogP contribution in [-0.2, 0) is 20.8 Å². The number of likely N-dealkylation sites (N-methyl/N-ethyl adjacent to an activating group) is 1. The Bertz CT molecular complexity index is 1360. The number of hydrogen-bond donors (Lipinski definition) is 7. The number of aromatic hydroxyl groups is 1. The summed E-state index contributed by atoms with van der Waals surface area (Å²) in [5.41, 5.74) is 1.77. The Hall–Kier alpha value is -4.00. The third-order valence-electron chi connectivity index (χ3n) is 7.65. The zero-order valence-electron chi connectivity index (χ0n) is 21.8. The van der Waals surface area contributed by atoms with Crippen LogP contribution in [0.2, 0.25) is 0 Å². The number of rotatable bonds is 7. The SMILES string of the molecule is CC=CCNCC(=O)Nc1ccc2c(c1O)C(=O)C1=C(O)C3(O)C(=O)C(C(N)=O)=C(O)[C@@H](N(C)C)C3CC1C2. The molecule has 4 rings (SSSR count). The maximum absolute atomic E-state index is 13.7. The van der Waals surface area contributed by atoms with Crippen molar-refractivity contribution in [2.24, 2.45) is 17.6 Å². The smallest absolute Gasteiger partial charge is 0.255 e. The Balaban J connectivity index is 1.76. The normalized spacial score (nSPS) is 26.5. The Labute approximate surface area is 224 Å². The van der Waals surface area contributed by atoms with Gasteiger partial charge in [-0.2, -0.15) is 0 Å². The first kappa shape index (κ1) is 28.0. The molecule has 0 saturated carbocycles. The molecular weight excluding hydrogens is 508 g/mol. The number of nitrogens with one attached hydrogen (secondary N) is 2. The van der Waals surface area contributed by atoms with Crippen molar-refractivity contribution < 1.29 is 39.6 Å². The summed E-state index contributed by atoms with van der Waals surface area (Å²) in [6, 6.07) is 2.00. The minimum atomic E-state index is -2.70. The Morgan fingerprint density at radius 3 is 2.51 bits per heavy atom. The van der Waals surface area contributed by atoms with E-state index in [1.54, 1.807) is 20.2 Å². The summed E-state index contributed by atoms with van der Waals surface area (Å²) in [7, 11) is 3.13. The molecule has 12 heteroatoms. The van der Waals surface area contributed by atoms with Gasteiger partial charge in [-0.05, 0) is 51.4 Å². The maximum atomic E-state index is 13.7. The lowest BCUT2D eigenvalue weighted by Gasteiger charge is -2.50. The molecule has 0 bridgehead atoms. The minimum absolute atomic E-state index is 0.00286. The van der Waals surface area contributed by atoms with Crippen molar-refractivity contribution in [2.75, 3.05) is 32.5 Å². The quantitative estimate of drug-likeness (QED) is 0.109. The van der Waals surface area contributed by atoms with E-state index in [9.17, 15) is 39.6 Å². The Morgan fingerprint density at radius 2 is 1.90 bits per heavy atom. The van der Waals surface area contributed by atoms with E-state index in [1.165, 1.54) is 11.0 Å². The van der Waals surface area contributed by atoms with E-state index >= 15 is 0 Å². The van der Waals surface area contributed by atoms with E-state index in [4.69, 9.17) is 5.73 Å². The third kappa shape index (κ3) is 4.40. The number of amides is 2. The summed E-state index contributed by atoms with van der Waals surface area (Å²) in [5, 5.41) is 50.1. The van der Waals surface area contributed by atoms with Crippen molar-refractivity contribution in [3.63, 3.8) is 0 Å². The number of fused-ring (bicyclic) bond motifs is 3. The molecule has 0 fully saturated rings. The number of hydrogen-bond acceptors (Lipinski definition) is 10. The number of carbonyl (C=O) groups excluding carboxylic acids is 4. The highest BCUT2D eigenvalue weighted by molar-refractivity contribution is 6.25. The molecule has 1 aromatic rings. The molecule has 8 N–H and O–H groups in total. The summed E-state index contributed by atoms with van der Waals surface area (Å²) in [6.45, 7) is 2.26. The topological polar surface area (TPSA) is 203 Å². The second-order valence-corrected chi connectivity index (χ2v) is 10.2. The van der Waals surface area contributed by atoms with Crippen LogP contribution in [0.3, 0.4) is 0 Å². The number of benzene rings is 1. The van der Waals surface area contributed by atoms with Gasteiger partial charge in [-0.3, -0.25) is 24.1 Å². The Morgan fingerprint density at radius 1 is 1.21 bits per heavy atom. The molecule has 3 aliphatic rings. The van der Waals surface area contributed by atoms with Gasteiger partial charge >= 0.3 is 0 Å². The Kier molecular flexibility index (Phi) is 7.39. The molecule has 4 atom stereocenters. The lowest BCUT2D eigenvalue weighted by Crippen LogP contribution is -2.63. The average molecular weight is 541 g/mol. The van der Waals surface area contributed by atoms with Crippen molar-refractivity contribution in [1.82, 2.24) is 10.2 Å². The molecule has 0 radical (unpaired) electrons. The van der Waals surface area contributed by atoms with Gasteiger partial charge in [0, 0.05) is 18.0 Å². The summed E-state index contributed by atoms with van der Waals surface area (Å²) < 4.78 is 0. The first-order valence-corrected chi connectivity index (χ1v) is 12.5. The highest BCUT2D eigenvalue weighted by Gasteiger charge is 2.63. The van der Waals surface area contributed by atoms with Crippen molar-refractivity contribution in [2.45, 2.75) is 31.4 Å². The number of allylic oxidation sites excluding steroid dienone is 2. The molecule has 0 heterocycles. The van der Waals surface area contributed by atoms with Crippen LogP contribution in [0.1, 0.15) is 29.3 Å². The van der Waals surface area contributed by atoms with Crippen molar-refractivity contribution in [3.8, 4) is 5.75 Å². The first-order valence-electron chi connectivity index (χ1n) is 12.5. The number of aliphatic hydroxyl groups is 3. The summed E-state index contributed by atoms with van der Waals surface area (Å²) in [5.74, 6) is -7.68. The number of phenolic OH excluding ortho intramolecular Hbond substituents is 1. The summed E-state index contributed by atoms with van der Waals surface area (Å²) >= 11 is 0. The number of nitrogens with two attached hydrogens (primary N) is 1. The van der Waals surface area contributed by atoms with Crippen molar-refractivity contribution >= 4 is 29.1 Å². The summed E-state index contributed by atoms with van der Waals surface area (Å²) in [6.07, 6.45) is 3.81. The van der Waals surface area contributed by atoms with Crippen LogP contribution in [-0.4, -0.2) is 87.5 Å². The fourth-order valence-electron chi connectivity index (χ4n) is 5.91. The van der Waals surface area contributed by atoms with Gasteiger partial charge in [0.1, 0.15) is 17.1 Å². The molecule has 12 nitrogen and oxygen atoms in total. The van der Waals surface area contributed by atoms with Crippen LogP contribution in [0.5, 0.6) is 5.75 Å². The molecule has 1 aromatic carbocycles. The number of nitrogens with zero attached hydrogens (tertiary/aromatic N) is 1. The highest BCUT2D eigenvalue weighted by atomic mass is 16.3. The zero-order valence-corrected chi connectivity index (χ0v) is 21.8. The van der Waals surface area contributed by atoms with Crippen molar-refractivity contribution in [3.05, 3.63) is 58.1 Å². The van der Waals surface area contributed by atoms with Gasteiger partial charge in [-0.25, -0.2) is 0 Å². The second-order valence-electron chi connectivity index (χ2n) is 10.2. The minimum Gasteiger partial charge on any atom is -0.510 e. The summed E-state index contributed by atoms with van der Waals surface area (Å²) in [4.78, 5) is 52.9. The van der Waals surface area contributed by atoms with Crippen LogP contribution in [0.4, 0.5) is 5.69 Å². The number of aliphatic hydroxyl groups excluding tert-OH is 2. The lowest BCUT2D eigenvalue weighted by atomic mass is 9.58. The first-order chi connectivity index (χ1) is 18.4. The molecular formula is C27H32N4O8. The number of anilines is 1. The maximum Gasteiger partial charge on any atom is 0.255 e. The lowest BCUT2D eigenvalue weighted by molar-refractivity contribution is -0.148. The molecule has 3 aliphatic carbocycles. The number of phenols is 1. The molecule has 0 aromatic heterocycles. The van der Waals surface area contributed by atoms with Crippen LogP contribution >= 0.6 is 0 Å². The molecule has 208 valence electrons. The standard InChI is InChI=1S/C27H32N4O8/c1-4-5-8-29-11-16(32)30-15-7-6-12-9-13-10-14-20(31(2)3)23(35)19(26(28)38)25(37)27(14,39)24(36)18(13)22(34)17(12)21(15)33/h4-7,13-14,20,29,33,35-36,39H,8-11H2,1-3H3,(H2,28,38)(H,30,32)/t13?,14?,20-,27?/m0/s1. The van der Waals surface area contributed by atoms with Gasteiger partial charge in [-0.1, -0.05) is 18.2 Å². The second kappa shape index (κ2) is 10.3. The number of ketones is 2. The predicted molar refractivity (Wildman–Crippen MR) is 140 cm³/mol. The van der Waals surface area contributed by atoms with E-state index in [2.05, 4.69) is 10.6 Å². The molecule has 2 amide bonds. The number of Topliss-reactive ketones (excluding diaryl/α,β-unsaturated/α-hetero) is 2. The number of carbonyl (C=O) groups is 4. The van der Waals surface area contributed by atoms with Gasteiger partial charge in [0.05, 0.1) is 23.8 Å². The molecule has 0 spiro atoms. The largest absolute Gasteiger partial charge is 0.510 e. The van der Waals surface area contributed by atoms with E-state index in [-0.39, 0.29) is 36.2 Å². The van der Waals surface area contributed by atoms with Gasteiger partial charge in [0.15, 0.2) is 17.1 Å². The average Bonchev–Trinajstić information content (AvgIpc) is 2.85.